The van der Waals surface area contributed by atoms with Gasteiger partial charge >= 0.3 is 0 Å². The standard InChI is InChI=1S/C33H36BrN5O3S/c1-6-15-43-33-37-32-35-22(5)28(31(40)36-26-14-9-8-12-21(26)4)29(39(32)38-33)24-17-25(34)30(27(18-24)41-7-2)42-19-23-13-10-11-20(3)16-23/h8-14,16-18,29H,6-7,15,19H2,1-5H3,(H,36,40)(H,35,37,38). The van der Waals surface area contributed by atoms with Gasteiger partial charge in [-0.1, -0.05) is 66.7 Å². The van der Waals surface area contributed by atoms with Crippen LogP contribution in [0, 0.1) is 13.8 Å². The Morgan fingerprint density at radius 3 is 2.63 bits per heavy atom. The van der Waals surface area contributed by atoms with Crippen molar-refractivity contribution in [2.24, 2.45) is 0 Å². The molecule has 2 N–H and O–H groups in total. The lowest BCUT2D eigenvalue weighted by Gasteiger charge is -2.29. The van der Waals surface area contributed by atoms with Gasteiger partial charge in [0.15, 0.2) is 11.5 Å². The number of benzene rings is 3. The maximum absolute atomic E-state index is 14.0. The van der Waals surface area contributed by atoms with E-state index in [-0.39, 0.29) is 5.91 Å². The van der Waals surface area contributed by atoms with E-state index in [1.54, 1.807) is 16.4 Å². The molecule has 43 heavy (non-hydrogen) atoms. The first kappa shape index (κ1) is 30.7. The van der Waals surface area contributed by atoms with Gasteiger partial charge in [0.05, 0.1) is 16.7 Å². The molecule has 0 bridgehead atoms. The van der Waals surface area contributed by atoms with E-state index in [4.69, 9.17) is 19.6 Å². The Kier molecular flexibility index (Phi) is 9.77. The van der Waals surface area contributed by atoms with Crippen LogP contribution in [0.4, 0.5) is 11.6 Å². The van der Waals surface area contributed by atoms with E-state index >= 15 is 0 Å². The van der Waals surface area contributed by atoms with Crippen LogP contribution in [0.1, 0.15) is 55.5 Å². The number of allylic oxidation sites excluding steroid dienone is 1. The van der Waals surface area contributed by atoms with E-state index in [9.17, 15) is 4.79 Å². The molecule has 10 heteroatoms. The summed E-state index contributed by atoms with van der Waals surface area (Å²) in [6, 6.07) is 19.3. The quantitative estimate of drug-likeness (QED) is 0.157. The van der Waals surface area contributed by atoms with Crippen molar-refractivity contribution in [2.45, 2.75) is 58.8 Å². The molecule has 4 aromatic rings. The minimum Gasteiger partial charge on any atom is -0.490 e. The number of rotatable bonds is 11. The smallest absolute Gasteiger partial charge is 0.255 e. The largest absolute Gasteiger partial charge is 0.490 e. The van der Waals surface area contributed by atoms with E-state index in [0.717, 1.165) is 39.0 Å². The molecule has 3 aromatic carbocycles. The molecule has 224 valence electrons. The van der Waals surface area contributed by atoms with Crippen LogP contribution in [0.25, 0.3) is 0 Å². The number of aryl methyl sites for hydroxylation is 2. The fourth-order valence-corrected chi connectivity index (χ4v) is 6.25. The molecule has 1 aromatic heterocycles. The van der Waals surface area contributed by atoms with E-state index in [2.05, 4.69) is 52.5 Å². The third kappa shape index (κ3) is 6.91. The summed E-state index contributed by atoms with van der Waals surface area (Å²) >= 11 is 5.34. The van der Waals surface area contributed by atoms with Gasteiger partial charge in [0, 0.05) is 17.1 Å². The van der Waals surface area contributed by atoms with Gasteiger partial charge in [-0.25, -0.2) is 4.68 Å². The Balaban J connectivity index is 1.57. The van der Waals surface area contributed by atoms with Crippen molar-refractivity contribution in [3.05, 3.63) is 98.7 Å². The molecule has 0 saturated carbocycles. The number of hydrogen-bond acceptors (Lipinski definition) is 7. The van der Waals surface area contributed by atoms with Crippen molar-refractivity contribution in [2.75, 3.05) is 23.0 Å². The first-order valence-corrected chi connectivity index (χ1v) is 16.2. The summed E-state index contributed by atoms with van der Waals surface area (Å²) in [5, 5.41) is 12.0. The summed E-state index contributed by atoms with van der Waals surface area (Å²) in [5.41, 5.74) is 6.02. The Morgan fingerprint density at radius 2 is 1.88 bits per heavy atom. The number of halogens is 1. The summed E-state index contributed by atoms with van der Waals surface area (Å²) in [6.07, 6.45) is 1.00. The van der Waals surface area contributed by atoms with Crippen LogP contribution in [0.3, 0.4) is 0 Å². The SMILES string of the molecule is CCCSc1nc2n(n1)C(c1cc(Br)c(OCc3cccc(C)c3)c(OCC)c1)C(C(=O)Nc1ccccc1C)=C(C)N2. The normalized spacial score (nSPS) is 14.2. The molecule has 0 radical (unpaired) electrons. The summed E-state index contributed by atoms with van der Waals surface area (Å²) < 4.78 is 14.9. The molecule has 0 saturated heterocycles. The van der Waals surface area contributed by atoms with Crippen LogP contribution in [-0.4, -0.2) is 33.0 Å². The van der Waals surface area contributed by atoms with Gasteiger partial charge in [-0.05, 0) is 84.9 Å². The van der Waals surface area contributed by atoms with Gasteiger partial charge < -0.3 is 20.1 Å². The fourth-order valence-electron chi connectivity index (χ4n) is 5.00. The number of amides is 1. The van der Waals surface area contributed by atoms with Gasteiger partial charge in [-0.15, -0.1) is 5.10 Å². The highest BCUT2D eigenvalue weighted by Gasteiger charge is 2.35. The Bertz CT molecular complexity index is 1670. The highest BCUT2D eigenvalue weighted by atomic mass is 79.9. The first-order chi connectivity index (χ1) is 20.8. The predicted molar refractivity (Wildman–Crippen MR) is 176 cm³/mol. The van der Waals surface area contributed by atoms with Gasteiger partial charge in [-0.2, -0.15) is 4.98 Å². The van der Waals surface area contributed by atoms with Crippen molar-refractivity contribution < 1.29 is 14.3 Å². The maximum Gasteiger partial charge on any atom is 0.255 e. The van der Waals surface area contributed by atoms with Gasteiger partial charge in [-0.3, -0.25) is 4.79 Å². The summed E-state index contributed by atoms with van der Waals surface area (Å²) in [5.74, 6) is 2.44. The number of para-hydroxylation sites is 1. The second-order valence-corrected chi connectivity index (χ2v) is 12.3. The van der Waals surface area contributed by atoms with Crippen LogP contribution in [-0.2, 0) is 11.4 Å². The first-order valence-electron chi connectivity index (χ1n) is 14.4. The summed E-state index contributed by atoms with van der Waals surface area (Å²) in [7, 11) is 0. The minimum atomic E-state index is -0.565. The van der Waals surface area contributed by atoms with Crippen LogP contribution < -0.4 is 20.1 Å². The Hall–Kier alpha value is -3.76. The monoisotopic (exact) mass is 661 g/mol. The lowest BCUT2D eigenvalue weighted by Crippen LogP contribution is -2.31. The number of thioether (sulfide) groups is 1. The average Bonchev–Trinajstić information content (AvgIpc) is 3.38. The number of carbonyl (C=O) groups is 1. The number of nitrogens with zero attached hydrogens (tertiary/aromatic N) is 3. The number of fused-ring (bicyclic) bond motifs is 1. The number of nitrogens with one attached hydrogen (secondary N) is 2. The zero-order valence-corrected chi connectivity index (χ0v) is 27.4. The van der Waals surface area contributed by atoms with Crippen molar-refractivity contribution >= 4 is 45.2 Å². The number of aromatic nitrogens is 3. The Labute approximate surface area is 265 Å². The van der Waals surface area contributed by atoms with Crippen molar-refractivity contribution in [3.63, 3.8) is 0 Å². The van der Waals surface area contributed by atoms with Crippen LogP contribution in [0.15, 0.2) is 81.6 Å². The van der Waals surface area contributed by atoms with Gasteiger partial charge in [0.1, 0.15) is 12.6 Å². The second-order valence-electron chi connectivity index (χ2n) is 10.4. The minimum absolute atomic E-state index is 0.220. The van der Waals surface area contributed by atoms with E-state index in [1.807, 2.05) is 69.3 Å². The highest BCUT2D eigenvalue weighted by Crippen LogP contribution is 2.43. The van der Waals surface area contributed by atoms with Gasteiger partial charge in [0.2, 0.25) is 11.1 Å². The Morgan fingerprint density at radius 1 is 1.07 bits per heavy atom. The number of ether oxygens (including phenoxy) is 2. The van der Waals surface area contributed by atoms with Crippen molar-refractivity contribution in [1.82, 2.24) is 14.8 Å². The van der Waals surface area contributed by atoms with Gasteiger partial charge in [0.25, 0.3) is 5.91 Å². The van der Waals surface area contributed by atoms with Crippen molar-refractivity contribution in [3.8, 4) is 11.5 Å². The topological polar surface area (TPSA) is 90.3 Å². The van der Waals surface area contributed by atoms with E-state index in [0.29, 0.717) is 47.1 Å². The molecular formula is C33H36BrN5O3S. The predicted octanol–water partition coefficient (Wildman–Crippen LogP) is 8.06. The second kappa shape index (κ2) is 13.7. The number of carbonyl (C=O) groups excluding carboxylic acids is 1. The zero-order chi connectivity index (χ0) is 30.5. The lowest BCUT2D eigenvalue weighted by atomic mass is 9.94. The molecule has 0 aliphatic carbocycles. The van der Waals surface area contributed by atoms with Crippen LogP contribution in [0.2, 0.25) is 0 Å². The van der Waals surface area contributed by atoms with E-state index in [1.165, 1.54) is 5.56 Å². The third-order valence-corrected chi connectivity index (χ3v) is 8.65. The van der Waals surface area contributed by atoms with Crippen molar-refractivity contribution in [1.29, 1.82) is 0 Å². The molecular weight excluding hydrogens is 626 g/mol. The van der Waals surface area contributed by atoms with Crippen LogP contribution in [0.5, 0.6) is 11.5 Å². The van der Waals surface area contributed by atoms with E-state index < -0.39 is 6.04 Å². The number of anilines is 2. The highest BCUT2D eigenvalue weighted by molar-refractivity contribution is 9.10. The fraction of sp³-hybridized carbons (Fsp3) is 0.303. The van der Waals surface area contributed by atoms with Crippen LogP contribution >= 0.6 is 27.7 Å². The molecule has 1 atom stereocenters. The summed E-state index contributed by atoms with van der Waals surface area (Å²) in [6.45, 7) is 10.8. The maximum atomic E-state index is 14.0. The zero-order valence-electron chi connectivity index (χ0n) is 25.0. The third-order valence-electron chi connectivity index (χ3n) is 7.02. The molecule has 1 unspecified atom stereocenters. The molecule has 0 fully saturated rings. The molecule has 8 nitrogen and oxygen atoms in total. The number of hydrogen-bond donors (Lipinski definition) is 2. The molecule has 5 rings (SSSR count). The molecule has 2 heterocycles. The lowest BCUT2D eigenvalue weighted by molar-refractivity contribution is -0.113. The molecule has 1 aliphatic heterocycles. The average molecular weight is 663 g/mol. The summed E-state index contributed by atoms with van der Waals surface area (Å²) in [4.78, 5) is 18.8. The molecule has 0 spiro atoms. The molecule has 1 amide bonds. The molecule has 1 aliphatic rings.